The third-order valence-electron chi connectivity index (χ3n) is 4.53. The molecule has 2 aromatic rings. The molecular weight excluding hydrogens is 401 g/mol. The van der Waals surface area contributed by atoms with Gasteiger partial charge in [-0.15, -0.1) is 0 Å². The van der Waals surface area contributed by atoms with Gasteiger partial charge in [-0.2, -0.15) is 11.8 Å². The van der Waals surface area contributed by atoms with Gasteiger partial charge in [0.05, 0.1) is 25.4 Å². The highest BCUT2D eigenvalue weighted by Crippen LogP contribution is 2.18. The zero-order valence-electron chi connectivity index (χ0n) is 17.9. The van der Waals surface area contributed by atoms with Crippen molar-refractivity contribution in [1.82, 2.24) is 10.6 Å². The first-order chi connectivity index (χ1) is 14.5. The van der Waals surface area contributed by atoms with Gasteiger partial charge >= 0.3 is 0 Å². The smallest absolute Gasteiger partial charge is 0.191 e. The highest BCUT2D eigenvalue weighted by atomic mass is 32.2. The maximum atomic E-state index is 13.5. The molecule has 0 saturated heterocycles. The minimum Gasteiger partial charge on any atom is -0.389 e. The number of aliphatic hydroxyl groups excluding tert-OH is 1. The largest absolute Gasteiger partial charge is 0.389 e. The molecule has 164 valence electrons. The number of nitrogens with zero attached hydrogens (tertiary/aromatic N) is 1. The average Bonchev–Trinajstić information content (AvgIpc) is 2.75. The summed E-state index contributed by atoms with van der Waals surface area (Å²) in [6.45, 7) is 5.62. The summed E-state index contributed by atoms with van der Waals surface area (Å²) in [6, 6.07) is 14.7. The van der Waals surface area contributed by atoms with E-state index >= 15 is 0 Å². The SMILES string of the molecule is CCNC(=NCc1ccc(F)cc1CSC)NCC(O)COC(C)c1ccccc1. The molecule has 0 radical (unpaired) electrons. The van der Waals surface area contributed by atoms with Gasteiger partial charge in [0.25, 0.3) is 0 Å². The molecule has 2 rings (SSSR count). The minimum atomic E-state index is -0.669. The van der Waals surface area contributed by atoms with Crippen LogP contribution in [0.5, 0.6) is 0 Å². The molecule has 0 saturated carbocycles. The lowest BCUT2D eigenvalue weighted by molar-refractivity contribution is -0.000599. The Morgan fingerprint density at radius 1 is 1.17 bits per heavy atom. The number of halogens is 1. The topological polar surface area (TPSA) is 65.9 Å². The summed E-state index contributed by atoms with van der Waals surface area (Å²) < 4.78 is 19.3. The molecule has 2 aromatic carbocycles. The van der Waals surface area contributed by atoms with Gasteiger partial charge in [0.15, 0.2) is 5.96 Å². The van der Waals surface area contributed by atoms with Crippen LogP contribution in [0.25, 0.3) is 0 Å². The first-order valence-electron chi connectivity index (χ1n) is 10.2. The minimum absolute atomic E-state index is 0.0870. The summed E-state index contributed by atoms with van der Waals surface area (Å²) >= 11 is 1.65. The van der Waals surface area contributed by atoms with Crippen LogP contribution in [0.1, 0.15) is 36.6 Å². The molecule has 7 heteroatoms. The second kappa shape index (κ2) is 13.3. The monoisotopic (exact) mass is 433 g/mol. The van der Waals surface area contributed by atoms with Crippen LogP contribution in [-0.4, -0.2) is 43.1 Å². The second-order valence-corrected chi connectivity index (χ2v) is 7.83. The highest BCUT2D eigenvalue weighted by Gasteiger charge is 2.11. The van der Waals surface area contributed by atoms with E-state index in [1.54, 1.807) is 23.9 Å². The Labute approximate surface area is 183 Å². The van der Waals surface area contributed by atoms with Crippen LogP contribution in [0.3, 0.4) is 0 Å². The number of benzene rings is 2. The van der Waals surface area contributed by atoms with Crippen molar-refractivity contribution in [3.05, 3.63) is 71.0 Å². The van der Waals surface area contributed by atoms with Gasteiger partial charge in [0.1, 0.15) is 5.82 Å². The van der Waals surface area contributed by atoms with Crippen molar-refractivity contribution in [1.29, 1.82) is 0 Å². The lowest BCUT2D eigenvalue weighted by atomic mass is 10.1. The molecule has 5 nitrogen and oxygen atoms in total. The van der Waals surface area contributed by atoms with Gasteiger partial charge in [-0.3, -0.25) is 0 Å². The molecule has 0 spiro atoms. The molecule has 2 unspecified atom stereocenters. The summed E-state index contributed by atoms with van der Waals surface area (Å²) in [4.78, 5) is 4.58. The van der Waals surface area contributed by atoms with Crippen molar-refractivity contribution < 1.29 is 14.2 Å². The van der Waals surface area contributed by atoms with Crippen molar-refractivity contribution >= 4 is 17.7 Å². The van der Waals surface area contributed by atoms with Crippen LogP contribution in [0, 0.1) is 5.82 Å². The van der Waals surface area contributed by atoms with Crippen molar-refractivity contribution in [2.75, 3.05) is 26.0 Å². The molecule has 2 atom stereocenters. The predicted octanol–water partition coefficient (Wildman–Crippen LogP) is 3.88. The van der Waals surface area contributed by atoms with Gasteiger partial charge in [0.2, 0.25) is 0 Å². The second-order valence-electron chi connectivity index (χ2n) is 6.96. The fraction of sp³-hybridized carbons (Fsp3) is 0.435. The van der Waals surface area contributed by atoms with Crippen LogP contribution in [0.4, 0.5) is 4.39 Å². The first kappa shape index (κ1) is 24.2. The Kier molecular flexibility index (Phi) is 10.7. The van der Waals surface area contributed by atoms with Gasteiger partial charge in [-0.05, 0) is 48.9 Å². The molecule has 0 aliphatic carbocycles. The molecule has 0 fully saturated rings. The molecule has 0 aliphatic heterocycles. The Balaban J connectivity index is 1.87. The number of aliphatic hydroxyl groups is 1. The summed E-state index contributed by atoms with van der Waals surface area (Å²) in [7, 11) is 0. The molecule has 0 bridgehead atoms. The first-order valence-corrected chi connectivity index (χ1v) is 11.6. The van der Waals surface area contributed by atoms with E-state index in [-0.39, 0.29) is 18.5 Å². The number of aliphatic imine (C=N–C) groups is 1. The van der Waals surface area contributed by atoms with Crippen molar-refractivity contribution in [3.8, 4) is 0 Å². The van der Waals surface area contributed by atoms with E-state index in [0.717, 1.165) is 22.4 Å². The fourth-order valence-corrected chi connectivity index (χ4v) is 3.47. The van der Waals surface area contributed by atoms with Crippen LogP contribution < -0.4 is 10.6 Å². The zero-order valence-corrected chi connectivity index (χ0v) is 18.7. The summed E-state index contributed by atoms with van der Waals surface area (Å²) in [5.41, 5.74) is 3.02. The summed E-state index contributed by atoms with van der Waals surface area (Å²) in [5, 5.41) is 16.6. The highest BCUT2D eigenvalue weighted by molar-refractivity contribution is 7.97. The molecule has 30 heavy (non-hydrogen) atoms. The van der Waals surface area contributed by atoms with Crippen LogP contribution in [-0.2, 0) is 17.0 Å². The Morgan fingerprint density at radius 2 is 1.93 bits per heavy atom. The average molecular weight is 434 g/mol. The van der Waals surface area contributed by atoms with E-state index in [9.17, 15) is 9.50 Å². The van der Waals surface area contributed by atoms with E-state index in [0.29, 0.717) is 25.6 Å². The van der Waals surface area contributed by atoms with Crippen molar-refractivity contribution in [2.24, 2.45) is 4.99 Å². The van der Waals surface area contributed by atoms with Gasteiger partial charge in [0, 0.05) is 18.8 Å². The number of hydrogen-bond donors (Lipinski definition) is 3. The number of guanidine groups is 1. The van der Waals surface area contributed by atoms with Gasteiger partial charge < -0.3 is 20.5 Å². The zero-order chi connectivity index (χ0) is 21.8. The van der Waals surface area contributed by atoms with Crippen molar-refractivity contribution in [2.45, 2.75) is 38.4 Å². The van der Waals surface area contributed by atoms with Crippen LogP contribution in [0.2, 0.25) is 0 Å². The van der Waals surface area contributed by atoms with Crippen LogP contribution in [0.15, 0.2) is 53.5 Å². The Hall–Kier alpha value is -2.09. The molecular formula is C23H32FN3O2S. The van der Waals surface area contributed by atoms with Gasteiger partial charge in [-0.25, -0.2) is 9.38 Å². The molecule has 0 aliphatic rings. The molecule has 0 aromatic heterocycles. The van der Waals surface area contributed by atoms with E-state index in [4.69, 9.17) is 4.74 Å². The number of thioether (sulfide) groups is 1. The summed E-state index contributed by atoms with van der Waals surface area (Å²) in [6.07, 6.45) is 1.24. The predicted molar refractivity (Wildman–Crippen MR) is 123 cm³/mol. The summed E-state index contributed by atoms with van der Waals surface area (Å²) in [5.74, 6) is 1.11. The Bertz CT molecular complexity index is 789. The quantitative estimate of drug-likeness (QED) is 0.371. The van der Waals surface area contributed by atoms with Gasteiger partial charge in [-0.1, -0.05) is 36.4 Å². The van der Waals surface area contributed by atoms with E-state index in [1.807, 2.05) is 50.4 Å². The maximum Gasteiger partial charge on any atom is 0.191 e. The third-order valence-corrected chi connectivity index (χ3v) is 5.13. The lowest BCUT2D eigenvalue weighted by Gasteiger charge is -2.18. The number of ether oxygens (including phenoxy) is 1. The van der Waals surface area contributed by atoms with E-state index in [1.165, 1.54) is 6.07 Å². The Morgan fingerprint density at radius 3 is 2.63 bits per heavy atom. The van der Waals surface area contributed by atoms with Crippen LogP contribution >= 0.6 is 11.8 Å². The number of rotatable bonds is 11. The normalized spacial score (nSPS) is 13.7. The van der Waals surface area contributed by atoms with E-state index in [2.05, 4.69) is 15.6 Å². The number of hydrogen-bond acceptors (Lipinski definition) is 4. The van der Waals surface area contributed by atoms with E-state index < -0.39 is 6.10 Å². The fourth-order valence-electron chi connectivity index (χ4n) is 2.89. The molecule has 3 N–H and O–H groups in total. The standard InChI is InChI=1S/C23H32FN3O2S/c1-4-25-23(26-13-19-10-11-21(24)12-20(19)16-30-3)27-14-22(28)15-29-17(2)18-8-6-5-7-9-18/h5-12,17,22,28H,4,13-16H2,1-3H3,(H2,25,26,27). The number of nitrogens with one attached hydrogen (secondary N) is 2. The molecule has 0 heterocycles. The third kappa shape index (κ3) is 8.34. The van der Waals surface area contributed by atoms with Crippen molar-refractivity contribution in [3.63, 3.8) is 0 Å². The molecule has 0 amide bonds. The lowest BCUT2D eigenvalue weighted by Crippen LogP contribution is -2.42. The maximum absolute atomic E-state index is 13.5.